The Morgan fingerprint density at radius 1 is 0.361 bits per heavy atom. The summed E-state index contributed by atoms with van der Waals surface area (Å²) in [5.41, 5.74) is 21.7. The van der Waals surface area contributed by atoms with Crippen LogP contribution in [-0.4, -0.2) is 0 Å². The number of benzene rings is 8. The van der Waals surface area contributed by atoms with E-state index in [9.17, 15) is 0 Å². The van der Waals surface area contributed by atoms with Crippen LogP contribution in [0.4, 0.5) is 34.1 Å². The van der Waals surface area contributed by atoms with E-state index in [-0.39, 0.29) is 16.2 Å². The molecule has 61 heavy (non-hydrogen) atoms. The second kappa shape index (κ2) is 14.2. The van der Waals surface area contributed by atoms with Crippen molar-refractivity contribution in [3.63, 3.8) is 0 Å². The van der Waals surface area contributed by atoms with Crippen LogP contribution in [-0.2, 0) is 29.1 Å². The minimum atomic E-state index is -0.0929. The maximum Gasteiger partial charge on any atom is 0.0461 e. The van der Waals surface area contributed by atoms with Crippen LogP contribution in [0.5, 0.6) is 0 Å². The number of fused-ring (bicyclic) bond motifs is 5. The predicted octanol–water partition coefficient (Wildman–Crippen LogP) is 15.4. The third-order valence-electron chi connectivity index (χ3n) is 14.8. The number of nitrogens with zero attached hydrogens (tertiary/aromatic N) is 2. The molecule has 298 valence electrons. The molecule has 11 rings (SSSR count). The number of hydrogen-bond donors (Lipinski definition) is 0. The fourth-order valence-corrected chi connectivity index (χ4v) is 11.3. The SMILES string of the molecule is CCC1(c2ccc(N(c3ccccc3)c3ccccc3)cc2)Cc2cc3c(cc21)C(C)(C)c1cc2c(cc1-3)CC2(CC)c1ccc(N(c2ccccc2)c2ccccc2)cc1. The minimum Gasteiger partial charge on any atom is -0.311 e. The first-order valence-corrected chi connectivity index (χ1v) is 22.2. The van der Waals surface area contributed by atoms with Crippen molar-refractivity contribution in [2.45, 2.75) is 69.6 Å². The summed E-state index contributed by atoms with van der Waals surface area (Å²) in [5, 5.41) is 0. The molecule has 0 amide bonds. The average molecular weight is 789 g/mol. The van der Waals surface area contributed by atoms with Crippen LogP contribution in [0.3, 0.4) is 0 Å². The van der Waals surface area contributed by atoms with Gasteiger partial charge in [-0.2, -0.15) is 0 Å². The van der Waals surface area contributed by atoms with Crippen LogP contribution in [0.25, 0.3) is 11.1 Å². The quantitative estimate of drug-likeness (QED) is 0.136. The van der Waals surface area contributed by atoms with E-state index in [1.807, 2.05) is 0 Å². The van der Waals surface area contributed by atoms with Crippen molar-refractivity contribution in [3.05, 3.63) is 239 Å². The lowest BCUT2D eigenvalue weighted by Crippen LogP contribution is -2.40. The second-order valence-corrected chi connectivity index (χ2v) is 18.1. The highest BCUT2D eigenvalue weighted by Gasteiger charge is 2.49. The van der Waals surface area contributed by atoms with Gasteiger partial charge in [0.1, 0.15) is 0 Å². The molecule has 0 spiro atoms. The lowest BCUT2D eigenvalue weighted by atomic mass is 9.58. The standard InChI is InChI=1S/C59H52N2/c1-5-58(43-27-31-49(32-28-43)60(45-19-11-7-12-20-45)46-21-13-8-14-22-46)39-41-35-51-52-36-42-40-59(6-2,54(42)38-56(52)57(3,4)55(51)37-53(41)58)44-29-33-50(34-30-44)61(47-23-15-9-16-24-47)48-25-17-10-18-26-48/h7-38H,5-6,39-40H2,1-4H3. The normalized spacial score (nSPS) is 18.8. The molecule has 3 aliphatic rings. The summed E-state index contributed by atoms with van der Waals surface area (Å²) < 4.78 is 0. The van der Waals surface area contributed by atoms with Crippen molar-refractivity contribution in [3.8, 4) is 11.1 Å². The van der Waals surface area contributed by atoms with E-state index < -0.39 is 0 Å². The molecule has 0 aromatic heterocycles. The van der Waals surface area contributed by atoms with Gasteiger partial charge >= 0.3 is 0 Å². The van der Waals surface area contributed by atoms with Gasteiger partial charge in [-0.25, -0.2) is 0 Å². The molecular weight excluding hydrogens is 737 g/mol. The average Bonchev–Trinajstić information content (AvgIpc) is 3.51. The summed E-state index contributed by atoms with van der Waals surface area (Å²) >= 11 is 0. The van der Waals surface area contributed by atoms with E-state index in [1.165, 1.54) is 67.0 Å². The van der Waals surface area contributed by atoms with Gasteiger partial charge in [0.25, 0.3) is 0 Å². The van der Waals surface area contributed by atoms with Crippen molar-refractivity contribution in [2.75, 3.05) is 9.80 Å². The Labute approximate surface area is 361 Å². The van der Waals surface area contributed by atoms with Gasteiger partial charge in [0.05, 0.1) is 0 Å². The predicted molar refractivity (Wildman–Crippen MR) is 256 cm³/mol. The van der Waals surface area contributed by atoms with Crippen molar-refractivity contribution in [1.29, 1.82) is 0 Å². The number of anilines is 6. The number of para-hydroxylation sites is 4. The lowest BCUT2D eigenvalue weighted by Gasteiger charge is -2.45. The monoisotopic (exact) mass is 788 g/mol. The second-order valence-electron chi connectivity index (χ2n) is 18.1. The zero-order valence-corrected chi connectivity index (χ0v) is 35.7. The molecule has 0 N–H and O–H groups in total. The van der Waals surface area contributed by atoms with Gasteiger partial charge in [0.2, 0.25) is 0 Å². The highest BCUT2D eigenvalue weighted by Crippen LogP contribution is 2.59. The van der Waals surface area contributed by atoms with E-state index in [1.54, 1.807) is 0 Å². The summed E-state index contributed by atoms with van der Waals surface area (Å²) in [5.74, 6) is 0. The maximum absolute atomic E-state index is 2.61. The van der Waals surface area contributed by atoms with E-state index in [2.05, 4.69) is 232 Å². The first-order valence-electron chi connectivity index (χ1n) is 22.2. The van der Waals surface area contributed by atoms with E-state index in [4.69, 9.17) is 0 Å². The van der Waals surface area contributed by atoms with Gasteiger partial charge in [-0.15, -0.1) is 0 Å². The Balaban J connectivity index is 0.909. The highest BCUT2D eigenvalue weighted by atomic mass is 15.1. The van der Waals surface area contributed by atoms with Crippen LogP contribution >= 0.6 is 0 Å². The largest absolute Gasteiger partial charge is 0.311 e. The Morgan fingerprint density at radius 2 is 0.656 bits per heavy atom. The van der Waals surface area contributed by atoms with Crippen molar-refractivity contribution in [2.24, 2.45) is 0 Å². The first-order chi connectivity index (χ1) is 29.8. The summed E-state index contributed by atoms with van der Waals surface area (Å²) in [6.45, 7) is 9.68. The molecule has 0 aliphatic heterocycles. The smallest absolute Gasteiger partial charge is 0.0461 e. The Kier molecular flexibility index (Phi) is 8.72. The number of hydrogen-bond acceptors (Lipinski definition) is 2. The van der Waals surface area contributed by atoms with Crippen molar-refractivity contribution in [1.82, 2.24) is 0 Å². The third-order valence-corrected chi connectivity index (χ3v) is 14.8. The van der Waals surface area contributed by atoms with E-state index >= 15 is 0 Å². The zero-order valence-electron chi connectivity index (χ0n) is 35.7. The molecule has 0 radical (unpaired) electrons. The molecule has 0 saturated heterocycles. The van der Waals surface area contributed by atoms with Crippen LogP contribution in [0.1, 0.15) is 85.0 Å². The molecule has 0 bridgehead atoms. The molecule has 2 heteroatoms. The lowest BCUT2D eigenvalue weighted by molar-refractivity contribution is 0.430. The van der Waals surface area contributed by atoms with Crippen LogP contribution in [0, 0.1) is 0 Å². The summed E-state index contributed by atoms with van der Waals surface area (Å²) in [7, 11) is 0. The molecule has 3 aliphatic carbocycles. The Morgan fingerprint density at radius 3 is 0.951 bits per heavy atom. The van der Waals surface area contributed by atoms with Gasteiger partial charge in [-0.1, -0.05) is 149 Å². The molecule has 8 aromatic carbocycles. The summed E-state index contributed by atoms with van der Waals surface area (Å²) in [6, 6.07) is 72.0. The van der Waals surface area contributed by atoms with Gasteiger partial charge in [-0.05, 0) is 154 Å². The third kappa shape index (κ3) is 5.68. The van der Waals surface area contributed by atoms with Crippen molar-refractivity contribution >= 4 is 34.1 Å². The van der Waals surface area contributed by atoms with Crippen LogP contribution in [0.15, 0.2) is 194 Å². The summed E-state index contributed by atoms with van der Waals surface area (Å²) in [4.78, 5) is 4.71. The fraction of sp³-hybridized carbons (Fsp3) is 0.186. The fourth-order valence-electron chi connectivity index (χ4n) is 11.3. The molecule has 8 aromatic rings. The Hall–Kier alpha value is -6.64. The van der Waals surface area contributed by atoms with Crippen LogP contribution < -0.4 is 9.80 Å². The maximum atomic E-state index is 2.61. The van der Waals surface area contributed by atoms with Gasteiger partial charge in [0, 0.05) is 50.4 Å². The minimum absolute atomic E-state index is 0.0163. The zero-order chi connectivity index (χ0) is 41.3. The topological polar surface area (TPSA) is 6.48 Å². The van der Waals surface area contributed by atoms with Gasteiger partial charge in [-0.3, -0.25) is 0 Å². The molecule has 2 unspecified atom stereocenters. The first kappa shape index (κ1) is 37.4. The highest BCUT2D eigenvalue weighted by molar-refractivity contribution is 5.85. The molecule has 2 atom stereocenters. The van der Waals surface area contributed by atoms with Crippen LogP contribution in [0.2, 0.25) is 0 Å². The number of rotatable bonds is 10. The van der Waals surface area contributed by atoms with Gasteiger partial charge < -0.3 is 9.80 Å². The van der Waals surface area contributed by atoms with Gasteiger partial charge in [0.15, 0.2) is 0 Å². The molecule has 0 heterocycles. The van der Waals surface area contributed by atoms with E-state index in [0.717, 1.165) is 48.4 Å². The molecule has 0 fully saturated rings. The molecule has 2 nitrogen and oxygen atoms in total. The van der Waals surface area contributed by atoms with Crippen molar-refractivity contribution < 1.29 is 0 Å². The van der Waals surface area contributed by atoms with E-state index in [0.29, 0.717) is 0 Å². The summed E-state index contributed by atoms with van der Waals surface area (Å²) in [6.07, 6.45) is 4.31. The molecule has 0 saturated carbocycles. The Bertz CT molecular complexity index is 2600. The molecular formula is C59H52N2.